The molecule has 2 aromatic rings. The van der Waals surface area contributed by atoms with Crippen molar-refractivity contribution in [3.05, 3.63) is 54.1 Å². The van der Waals surface area contributed by atoms with E-state index < -0.39 is 11.9 Å². The van der Waals surface area contributed by atoms with Gasteiger partial charge in [-0.3, -0.25) is 9.73 Å². The van der Waals surface area contributed by atoms with E-state index in [4.69, 9.17) is 21.2 Å². The molecule has 30 heavy (non-hydrogen) atoms. The van der Waals surface area contributed by atoms with Crippen LogP contribution >= 0.6 is 0 Å². The normalized spacial score (nSPS) is 10.8. The van der Waals surface area contributed by atoms with Crippen LogP contribution in [-0.2, 0) is 9.73 Å². The highest BCUT2D eigenvalue weighted by atomic mass is 16.8. The van der Waals surface area contributed by atoms with Crippen molar-refractivity contribution in [2.75, 3.05) is 24.2 Å². The maximum atomic E-state index is 12.6. The zero-order valence-electron chi connectivity index (χ0n) is 16.3. The van der Waals surface area contributed by atoms with Crippen molar-refractivity contribution in [3.8, 4) is 11.5 Å². The fourth-order valence-electron chi connectivity index (χ4n) is 2.32. The van der Waals surface area contributed by atoms with Crippen molar-refractivity contribution in [3.63, 3.8) is 0 Å². The molecular weight excluding hydrogens is 394 g/mol. The SMILES string of the molecule is COc1ccc(N(N)C(=O)N(N)c2ccc(/C=C/C(=O)N=NON)cc2)cc1OC. The molecule has 0 heterocycles. The third-order valence-electron chi connectivity index (χ3n) is 3.83. The van der Waals surface area contributed by atoms with Gasteiger partial charge in [0.1, 0.15) is 0 Å². The summed E-state index contributed by atoms with van der Waals surface area (Å²) in [4.78, 5) is 27.8. The van der Waals surface area contributed by atoms with Crippen LogP contribution < -0.4 is 37.1 Å². The summed E-state index contributed by atoms with van der Waals surface area (Å²) in [6.45, 7) is 0. The number of carbonyl (C=O) groups is 2. The third kappa shape index (κ3) is 5.51. The van der Waals surface area contributed by atoms with Crippen molar-refractivity contribution in [2.24, 2.45) is 28.0 Å². The molecule has 0 fully saturated rings. The molecule has 6 N–H and O–H groups in total. The number of nitrogens with zero attached hydrogens (tertiary/aromatic N) is 4. The molecule has 0 radical (unpaired) electrons. The molecule has 0 bridgehead atoms. The van der Waals surface area contributed by atoms with Gasteiger partial charge in [0, 0.05) is 12.1 Å². The number of hydrazine groups is 2. The van der Waals surface area contributed by atoms with Gasteiger partial charge in [-0.05, 0) is 35.9 Å². The second kappa shape index (κ2) is 10.5. The van der Waals surface area contributed by atoms with Gasteiger partial charge in [0.05, 0.1) is 30.9 Å². The molecule has 0 aliphatic carbocycles. The highest BCUT2D eigenvalue weighted by Crippen LogP contribution is 2.31. The molecule has 158 valence electrons. The lowest BCUT2D eigenvalue weighted by Gasteiger charge is -2.24. The quantitative estimate of drug-likeness (QED) is 0.201. The first kappa shape index (κ1) is 22.3. The minimum Gasteiger partial charge on any atom is -0.493 e. The van der Waals surface area contributed by atoms with E-state index in [0.717, 1.165) is 10.0 Å². The molecule has 0 atom stereocenters. The average Bonchev–Trinajstić information content (AvgIpc) is 2.79. The lowest BCUT2D eigenvalue weighted by molar-refractivity contribution is -0.114. The minimum absolute atomic E-state index is 0.349. The van der Waals surface area contributed by atoms with Crippen LogP contribution in [0.4, 0.5) is 16.2 Å². The summed E-state index contributed by atoms with van der Waals surface area (Å²) in [6.07, 6.45) is 2.66. The Morgan fingerprint density at radius 2 is 1.53 bits per heavy atom. The largest absolute Gasteiger partial charge is 0.493 e. The molecule has 0 unspecified atom stereocenters. The van der Waals surface area contributed by atoms with Crippen molar-refractivity contribution in [1.29, 1.82) is 0 Å². The number of nitrogens with two attached hydrogens (primary N) is 3. The number of anilines is 2. The molecule has 12 heteroatoms. The van der Waals surface area contributed by atoms with E-state index in [0.29, 0.717) is 28.4 Å². The number of amides is 3. The maximum Gasteiger partial charge on any atom is 0.357 e. The zero-order valence-corrected chi connectivity index (χ0v) is 16.3. The first-order chi connectivity index (χ1) is 14.4. The van der Waals surface area contributed by atoms with Gasteiger partial charge in [-0.25, -0.2) is 26.5 Å². The number of urea groups is 1. The van der Waals surface area contributed by atoms with E-state index in [1.54, 1.807) is 42.5 Å². The fourth-order valence-corrected chi connectivity index (χ4v) is 2.32. The van der Waals surface area contributed by atoms with Crippen LogP contribution in [0.5, 0.6) is 11.5 Å². The first-order valence-corrected chi connectivity index (χ1v) is 8.36. The summed E-state index contributed by atoms with van der Waals surface area (Å²) in [7, 11) is 2.97. The molecule has 0 aromatic heterocycles. The van der Waals surface area contributed by atoms with Crippen LogP contribution in [0, 0.1) is 0 Å². The number of methoxy groups -OCH3 is 2. The summed E-state index contributed by atoms with van der Waals surface area (Å²) in [5.74, 6) is 16.7. The van der Waals surface area contributed by atoms with Crippen molar-refractivity contribution >= 4 is 29.4 Å². The van der Waals surface area contributed by atoms with Crippen LogP contribution in [0.15, 0.2) is 58.9 Å². The van der Waals surface area contributed by atoms with Crippen LogP contribution in [-0.4, -0.2) is 26.2 Å². The van der Waals surface area contributed by atoms with Gasteiger partial charge in [-0.2, -0.15) is 0 Å². The number of ether oxygens (including phenoxy) is 2. The summed E-state index contributed by atoms with van der Waals surface area (Å²) < 4.78 is 10.4. The van der Waals surface area contributed by atoms with E-state index in [-0.39, 0.29) is 0 Å². The van der Waals surface area contributed by atoms with Gasteiger partial charge in [-0.1, -0.05) is 17.2 Å². The van der Waals surface area contributed by atoms with Crippen LogP contribution in [0.1, 0.15) is 5.56 Å². The Morgan fingerprint density at radius 3 is 2.13 bits per heavy atom. The van der Waals surface area contributed by atoms with Gasteiger partial charge in [0.25, 0.3) is 5.91 Å². The number of carbonyl (C=O) groups excluding carboxylic acids is 2. The van der Waals surface area contributed by atoms with Crippen molar-refractivity contribution in [2.45, 2.75) is 0 Å². The van der Waals surface area contributed by atoms with Gasteiger partial charge in [0.15, 0.2) is 11.5 Å². The minimum atomic E-state index is -0.692. The van der Waals surface area contributed by atoms with Gasteiger partial charge in [-0.15, -0.1) is 5.90 Å². The van der Waals surface area contributed by atoms with Crippen LogP contribution in [0.2, 0.25) is 0 Å². The first-order valence-electron chi connectivity index (χ1n) is 8.36. The van der Waals surface area contributed by atoms with Gasteiger partial charge < -0.3 is 9.47 Å². The Hall–Kier alpha value is -4.00. The van der Waals surface area contributed by atoms with E-state index in [1.807, 2.05) is 0 Å². The Balaban J connectivity index is 2.11. The third-order valence-corrected chi connectivity index (χ3v) is 3.83. The Morgan fingerprint density at radius 1 is 0.933 bits per heavy atom. The highest BCUT2D eigenvalue weighted by molar-refractivity contribution is 6.02. The standard InChI is InChI=1S/C18H21N7O5/c1-28-15-9-8-14(11-16(15)29-2)25(20)18(27)24(19)13-6-3-12(4-7-13)5-10-17(26)22-23-30-21/h3-11H,19-21H2,1-2H3/b10-5+,23-22?. The summed E-state index contributed by atoms with van der Waals surface area (Å²) in [5, 5.41) is 7.80. The lowest BCUT2D eigenvalue weighted by Crippen LogP contribution is -2.50. The predicted octanol–water partition coefficient (Wildman–Crippen LogP) is 1.68. The monoisotopic (exact) mass is 415 g/mol. The molecule has 0 saturated carbocycles. The highest BCUT2D eigenvalue weighted by Gasteiger charge is 2.20. The predicted molar refractivity (Wildman–Crippen MR) is 109 cm³/mol. The molecule has 3 amide bonds. The van der Waals surface area contributed by atoms with Crippen molar-refractivity contribution in [1.82, 2.24) is 0 Å². The molecule has 0 aliphatic heterocycles. The number of hydrogen-bond acceptors (Lipinski definition) is 9. The second-order valence-corrected chi connectivity index (χ2v) is 5.61. The molecular formula is C18H21N7O5. The molecule has 2 aromatic carbocycles. The molecule has 0 saturated heterocycles. The number of rotatable bonds is 7. The van der Waals surface area contributed by atoms with E-state index in [2.05, 4.69) is 21.2 Å². The van der Waals surface area contributed by atoms with Crippen LogP contribution in [0.25, 0.3) is 6.08 Å². The van der Waals surface area contributed by atoms with Gasteiger partial charge in [0.2, 0.25) is 0 Å². The summed E-state index contributed by atoms with van der Waals surface area (Å²) >= 11 is 0. The molecule has 12 nitrogen and oxygen atoms in total. The van der Waals surface area contributed by atoms with E-state index >= 15 is 0 Å². The van der Waals surface area contributed by atoms with Crippen molar-refractivity contribution < 1.29 is 24.0 Å². The Bertz CT molecular complexity index is 946. The Kier molecular flexibility index (Phi) is 7.82. The number of benzene rings is 2. The average molecular weight is 415 g/mol. The molecule has 0 spiro atoms. The topological polar surface area (TPSA) is 171 Å². The fraction of sp³-hybridized carbons (Fsp3) is 0.111. The smallest absolute Gasteiger partial charge is 0.357 e. The van der Waals surface area contributed by atoms with E-state index in [9.17, 15) is 9.59 Å². The number of hydrogen-bond donors (Lipinski definition) is 3. The second-order valence-electron chi connectivity index (χ2n) is 5.61. The van der Waals surface area contributed by atoms with Gasteiger partial charge >= 0.3 is 6.03 Å². The molecule has 2 rings (SSSR count). The Labute approximate surface area is 171 Å². The maximum absolute atomic E-state index is 12.6. The lowest BCUT2D eigenvalue weighted by atomic mass is 10.2. The van der Waals surface area contributed by atoms with E-state index in [1.165, 1.54) is 26.4 Å². The molecule has 0 aliphatic rings. The van der Waals surface area contributed by atoms with Crippen LogP contribution in [0.3, 0.4) is 0 Å². The summed E-state index contributed by atoms with van der Waals surface area (Å²) in [6, 6.07) is 10.5. The zero-order chi connectivity index (χ0) is 22.1. The summed E-state index contributed by atoms with van der Waals surface area (Å²) in [5.41, 5.74) is 1.37.